The van der Waals surface area contributed by atoms with Gasteiger partial charge in [-0.2, -0.15) is 0 Å². The van der Waals surface area contributed by atoms with Gasteiger partial charge in [0.2, 0.25) is 0 Å². The van der Waals surface area contributed by atoms with E-state index in [4.69, 9.17) is 0 Å². The lowest BCUT2D eigenvalue weighted by Gasteiger charge is -2.10. The second kappa shape index (κ2) is 5.03. The molecule has 0 aliphatic rings. The normalized spacial score (nSPS) is 12.7. The summed E-state index contributed by atoms with van der Waals surface area (Å²) < 4.78 is 0. The number of aliphatic hydroxyl groups excluding tert-OH is 1. The van der Waals surface area contributed by atoms with Crippen molar-refractivity contribution in [1.29, 1.82) is 0 Å². The molecule has 0 amide bonds. The van der Waals surface area contributed by atoms with Crippen molar-refractivity contribution in [1.82, 2.24) is 0 Å². The molecular formula is C15H18OS. The predicted octanol–water partition coefficient (Wildman–Crippen LogP) is 3.95. The van der Waals surface area contributed by atoms with Gasteiger partial charge in [0.15, 0.2) is 0 Å². The standard InChI is InChI=1S/C15H18OS/c1-10-4-6-13(8-11(10)2)9-14(16)15-7-5-12(3)17-15/h4-8,14,16H,9H2,1-3H3. The Kier molecular flexibility index (Phi) is 3.65. The fraction of sp³-hybridized carbons (Fsp3) is 0.333. The summed E-state index contributed by atoms with van der Waals surface area (Å²) in [7, 11) is 0. The van der Waals surface area contributed by atoms with Crippen LogP contribution in [0.2, 0.25) is 0 Å². The van der Waals surface area contributed by atoms with E-state index in [-0.39, 0.29) is 6.10 Å². The van der Waals surface area contributed by atoms with Gasteiger partial charge in [-0.25, -0.2) is 0 Å². The molecule has 1 unspecified atom stereocenters. The third-order valence-electron chi connectivity index (χ3n) is 3.09. The Hall–Kier alpha value is -1.12. The topological polar surface area (TPSA) is 20.2 Å². The Morgan fingerprint density at radius 2 is 1.82 bits per heavy atom. The zero-order valence-electron chi connectivity index (χ0n) is 10.5. The van der Waals surface area contributed by atoms with Gasteiger partial charge in [-0.1, -0.05) is 18.2 Å². The first-order chi connectivity index (χ1) is 8.06. The summed E-state index contributed by atoms with van der Waals surface area (Å²) in [5.41, 5.74) is 3.79. The lowest BCUT2D eigenvalue weighted by Crippen LogP contribution is -2.00. The SMILES string of the molecule is Cc1ccc(C(O)Cc2ccc(C)c(C)c2)s1. The highest BCUT2D eigenvalue weighted by atomic mass is 32.1. The van der Waals surface area contributed by atoms with Gasteiger partial charge in [0, 0.05) is 16.2 Å². The number of aryl methyl sites for hydroxylation is 3. The third kappa shape index (κ3) is 2.96. The summed E-state index contributed by atoms with van der Waals surface area (Å²) >= 11 is 1.67. The van der Waals surface area contributed by atoms with Crippen LogP contribution in [0.25, 0.3) is 0 Å². The molecule has 1 nitrogen and oxygen atoms in total. The largest absolute Gasteiger partial charge is 0.387 e. The van der Waals surface area contributed by atoms with Crippen LogP contribution in [0, 0.1) is 20.8 Å². The first-order valence-electron chi connectivity index (χ1n) is 5.87. The van der Waals surface area contributed by atoms with Crippen LogP contribution in [-0.4, -0.2) is 5.11 Å². The van der Waals surface area contributed by atoms with E-state index in [2.05, 4.69) is 45.0 Å². The Labute approximate surface area is 107 Å². The molecule has 0 radical (unpaired) electrons. The Morgan fingerprint density at radius 1 is 1.06 bits per heavy atom. The van der Waals surface area contributed by atoms with Gasteiger partial charge in [0.1, 0.15) is 0 Å². The van der Waals surface area contributed by atoms with Gasteiger partial charge in [0.25, 0.3) is 0 Å². The van der Waals surface area contributed by atoms with E-state index in [0.717, 1.165) is 4.88 Å². The molecule has 0 fully saturated rings. The minimum absolute atomic E-state index is 0.379. The molecule has 0 saturated carbocycles. The molecule has 0 aliphatic heterocycles. The lowest BCUT2D eigenvalue weighted by atomic mass is 10.0. The number of aliphatic hydroxyl groups is 1. The van der Waals surface area contributed by atoms with Crippen LogP contribution < -0.4 is 0 Å². The van der Waals surface area contributed by atoms with E-state index in [1.165, 1.54) is 21.6 Å². The molecule has 2 rings (SSSR count). The molecule has 1 aromatic carbocycles. The minimum Gasteiger partial charge on any atom is -0.387 e. The Bertz CT molecular complexity index is 513. The van der Waals surface area contributed by atoms with E-state index in [9.17, 15) is 5.11 Å². The molecule has 2 aromatic rings. The van der Waals surface area contributed by atoms with E-state index in [0.29, 0.717) is 6.42 Å². The summed E-state index contributed by atoms with van der Waals surface area (Å²) in [4.78, 5) is 2.31. The fourth-order valence-electron chi connectivity index (χ4n) is 1.89. The zero-order valence-corrected chi connectivity index (χ0v) is 11.3. The van der Waals surface area contributed by atoms with Crippen molar-refractivity contribution in [3.05, 3.63) is 56.8 Å². The fourth-order valence-corrected chi connectivity index (χ4v) is 2.75. The molecule has 0 aliphatic carbocycles. The van der Waals surface area contributed by atoms with E-state index in [1.807, 2.05) is 6.07 Å². The maximum Gasteiger partial charge on any atom is 0.0922 e. The summed E-state index contributed by atoms with van der Waals surface area (Å²) in [6.07, 6.45) is 0.317. The second-order valence-corrected chi connectivity index (χ2v) is 5.91. The smallest absolute Gasteiger partial charge is 0.0922 e. The van der Waals surface area contributed by atoms with Crippen molar-refractivity contribution in [2.45, 2.75) is 33.3 Å². The molecule has 0 saturated heterocycles. The van der Waals surface area contributed by atoms with Crippen LogP contribution in [0.4, 0.5) is 0 Å². The molecule has 1 atom stereocenters. The quantitative estimate of drug-likeness (QED) is 0.869. The Balaban J connectivity index is 2.12. The average molecular weight is 246 g/mol. The Morgan fingerprint density at radius 3 is 2.41 bits per heavy atom. The van der Waals surface area contributed by atoms with Gasteiger partial charge in [-0.15, -0.1) is 11.3 Å². The van der Waals surface area contributed by atoms with Gasteiger partial charge >= 0.3 is 0 Å². The van der Waals surface area contributed by atoms with Crippen molar-refractivity contribution in [3.8, 4) is 0 Å². The molecule has 1 aromatic heterocycles. The average Bonchev–Trinajstić information content (AvgIpc) is 2.70. The molecule has 1 heterocycles. The van der Waals surface area contributed by atoms with Crippen LogP contribution in [-0.2, 0) is 6.42 Å². The highest BCUT2D eigenvalue weighted by molar-refractivity contribution is 7.12. The zero-order chi connectivity index (χ0) is 12.4. The van der Waals surface area contributed by atoms with Crippen LogP contribution in [0.15, 0.2) is 30.3 Å². The van der Waals surface area contributed by atoms with Crippen LogP contribution in [0.1, 0.15) is 32.5 Å². The predicted molar refractivity (Wildman–Crippen MR) is 73.6 cm³/mol. The number of hydrogen-bond donors (Lipinski definition) is 1. The summed E-state index contributed by atoms with van der Waals surface area (Å²) in [5, 5.41) is 10.2. The molecule has 17 heavy (non-hydrogen) atoms. The molecule has 0 bridgehead atoms. The van der Waals surface area contributed by atoms with Crippen molar-refractivity contribution >= 4 is 11.3 Å². The van der Waals surface area contributed by atoms with Crippen LogP contribution >= 0.6 is 11.3 Å². The molecule has 90 valence electrons. The molecule has 2 heteroatoms. The summed E-state index contributed by atoms with van der Waals surface area (Å²) in [6.45, 7) is 6.29. The lowest BCUT2D eigenvalue weighted by molar-refractivity contribution is 0.182. The summed E-state index contributed by atoms with van der Waals surface area (Å²) in [6, 6.07) is 10.5. The first kappa shape index (κ1) is 12.3. The maximum absolute atomic E-state index is 10.2. The number of hydrogen-bond acceptors (Lipinski definition) is 2. The van der Waals surface area contributed by atoms with Crippen molar-refractivity contribution < 1.29 is 5.11 Å². The minimum atomic E-state index is -0.379. The number of thiophene rings is 1. The molecular weight excluding hydrogens is 228 g/mol. The highest BCUT2D eigenvalue weighted by Gasteiger charge is 2.10. The molecule has 1 N–H and O–H groups in total. The molecule has 0 spiro atoms. The number of rotatable bonds is 3. The van der Waals surface area contributed by atoms with Gasteiger partial charge in [-0.3, -0.25) is 0 Å². The van der Waals surface area contributed by atoms with E-state index >= 15 is 0 Å². The maximum atomic E-state index is 10.2. The van der Waals surface area contributed by atoms with E-state index in [1.54, 1.807) is 11.3 Å². The van der Waals surface area contributed by atoms with Gasteiger partial charge < -0.3 is 5.11 Å². The second-order valence-electron chi connectivity index (χ2n) is 4.59. The van der Waals surface area contributed by atoms with Crippen molar-refractivity contribution in [2.75, 3.05) is 0 Å². The van der Waals surface area contributed by atoms with Crippen LogP contribution in [0.5, 0.6) is 0 Å². The monoisotopic (exact) mass is 246 g/mol. The first-order valence-corrected chi connectivity index (χ1v) is 6.68. The van der Waals surface area contributed by atoms with E-state index < -0.39 is 0 Å². The third-order valence-corrected chi connectivity index (χ3v) is 4.19. The van der Waals surface area contributed by atoms with Gasteiger partial charge in [0.05, 0.1) is 6.10 Å². The number of benzene rings is 1. The van der Waals surface area contributed by atoms with Crippen LogP contribution in [0.3, 0.4) is 0 Å². The van der Waals surface area contributed by atoms with Crippen molar-refractivity contribution in [3.63, 3.8) is 0 Å². The summed E-state index contributed by atoms with van der Waals surface area (Å²) in [5.74, 6) is 0. The van der Waals surface area contributed by atoms with Crippen molar-refractivity contribution in [2.24, 2.45) is 0 Å². The highest BCUT2D eigenvalue weighted by Crippen LogP contribution is 2.26. The van der Waals surface area contributed by atoms with Gasteiger partial charge in [-0.05, 0) is 49.6 Å².